The maximum Gasteiger partial charge on any atom is 0.203 e. The van der Waals surface area contributed by atoms with Gasteiger partial charge >= 0.3 is 0 Å². The average molecular weight is 300 g/mol. The number of Topliss-reactive ketones (excluding diaryl/α,β-unsaturated/α-hetero) is 1. The van der Waals surface area contributed by atoms with Gasteiger partial charge in [-0.2, -0.15) is 0 Å². The molecule has 0 atom stereocenters. The fourth-order valence-corrected chi connectivity index (χ4v) is 1.86. The van der Waals surface area contributed by atoms with Crippen LogP contribution in [0.2, 0.25) is 5.22 Å². The van der Waals surface area contributed by atoms with Gasteiger partial charge < -0.3 is 4.42 Å². The smallest absolute Gasteiger partial charge is 0.203 e. The van der Waals surface area contributed by atoms with E-state index < -0.39 is 0 Å². The van der Waals surface area contributed by atoms with Crippen LogP contribution in [0, 0.1) is 0 Å². The molecule has 0 fully saturated rings. The molecule has 1 heterocycles. The number of furan rings is 1. The molecular formula is C12H8BrClO2. The second-order valence-electron chi connectivity index (χ2n) is 3.33. The molecule has 0 radical (unpaired) electrons. The summed E-state index contributed by atoms with van der Waals surface area (Å²) in [5.41, 5.74) is 1.38. The molecule has 82 valence electrons. The molecule has 0 N–H and O–H groups in total. The Kier molecular flexibility index (Phi) is 3.46. The van der Waals surface area contributed by atoms with E-state index in [9.17, 15) is 4.79 Å². The van der Waals surface area contributed by atoms with Crippen LogP contribution in [0.15, 0.2) is 45.5 Å². The Balaban J connectivity index is 2.14. The first kappa shape index (κ1) is 11.4. The first-order valence-corrected chi connectivity index (χ1v) is 5.84. The second kappa shape index (κ2) is 4.85. The summed E-state index contributed by atoms with van der Waals surface area (Å²) < 4.78 is 5.87. The first-order chi connectivity index (χ1) is 7.66. The molecule has 0 spiro atoms. The van der Waals surface area contributed by atoms with E-state index in [1.54, 1.807) is 6.07 Å². The molecule has 4 heteroatoms. The molecule has 0 unspecified atom stereocenters. The van der Waals surface area contributed by atoms with E-state index in [0.717, 1.165) is 10.0 Å². The summed E-state index contributed by atoms with van der Waals surface area (Å²) in [7, 11) is 0. The van der Waals surface area contributed by atoms with Crippen molar-refractivity contribution in [2.45, 2.75) is 6.42 Å². The number of hydrogen-bond acceptors (Lipinski definition) is 2. The van der Waals surface area contributed by atoms with Crippen LogP contribution in [-0.4, -0.2) is 5.78 Å². The van der Waals surface area contributed by atoms with Gasteiger partial charge in [-0.15, -0.1) is 0 Å². The number of ketones is 1. The number of halogens is 2. The van der Waals surface area contributed by atoms with E-state index in [4.69, 9.17) is 16.0 Å². The number of carbonyl (C=O) groups excluding carboxylic acids is 1. The quantitative estimate of drug-likeness (QED) is 0.798. The van der Waals surface area contributed by atoms with Crippen molar-refractivity contribution in [3.05, 3.63) is 57.4 Å². The molecule has 0 aliphatic carbocycles. The Morgan fingerprint density at radius 2 is 1.94 bits per heavy atom. The zero-order valence-electron chi connectivity index (χ0n) is 8.24. The van der Waals surface area contributed by atoms with Gasteiger partial charge in [0.2, 0.25) is 5.22 Å². The maximum atomic E-state index is 11.8. The summed E-state index contributed by atoms with van der Waals surface area (Å²) >= 11 is 9.07. The van der Waals surface area contributed by atoms with Gasteiger partial charge in [0.25, 0.3) is 0 Å². The van der Waals surface area contributed by atoms with Gasteiger partial charge in [0.15, 0.2) is 5.78 Å². The van der Waals surface area contributed by atoms with Gasteiger partial charge in [-0.3, -0.25) is 4.79 Å². The topological polar surface area (TPSA) is 30.2 Å². The molecule has 2 aromatic rings. The second-order valence-corrected chi connectivity index (χ2v) is 4.59. The monoisotopic (exact) mass is 298 g/mol. The average Bonchev–Trinajstić information content (AvgIpc) is 2.68. The van der Waals surface area contributed by atoms with Crippen molar-refractivity contribution in [1.82, 2.24) is 0 Å². The van der Waals surface area contributed by atoms with Gasteiger partial charge in [-0.05, 0) is 35.4 Å². The van der Waals surface area contributed by atoms with E-state index in [1.165, 1.54) is 6.26 Å². The van der Waals surface area contributed by atoms with Gasteiger partial charge in [0.05, 0.1) is 11.8 Å². The largest absolute Gasteiger partial charge is 0.452 e. The van der Waals surface area contributed by atoms with Crippen LogP contribution in [0.3, 0.4) is 0 Å². The van der Waals surface area contributed by atoms with E-state index in [-0.39, 0.29) is 11.0 Å². The van der Waals surface area contributed by atoms with Crippen molar-refractivity contribution in [2.24, 2.45) is 0 Å². The fourth-order valence-electron chi connectivity index (χ4n) is 1.38. The third-order valence-electron chi connectivity index (χ3n) is 2.20. The van der Waals surface area contributed by atoms with Crippen LogP contribution in [0.5, 0.6) is 0 Å². The van der Waals surface area contributed by atoms with Gasteiger partial charge in [-0.25, -0.2) is 0 Å². The Bertz CT molecular complexity index is 502. The lowest BCUT2D eigenvalue weighted by molar-refractivity contribution is 0.0992. The molecule has 0 saturated heterocycles. The summed E-state index contributed by atoms with van der Waals surface area (Å²) in [5, 5.41) is 0.155. The van der Waals surface area contributed by atoms with Crippen molar-refractivity contribution in [3.8, 4) is 0 Å². The molecule has 0 saturated carbocycles. The third-order valence-corrected chi connectivity index (χ3v) is 3.02. The minimum Gasteiger partial charge on any atom is -0.452 e. The standard InChI is InChI=1S/C12H8BrClO2/c13-9-3-1-8(2-4-9)7-11(15)10-5-6-16-12(10)14/h1-6H,7H2. The van der Waals surface area contributed by atoms with Crippen LogP contribution >= 0.6 is 27.5 Å². The molecule has 0 aliphatic heterocycles. The van der Waals surface area contributed by atoms with E-state index in [2.05, 4.69) is 15.9 Å². The molecule has 1 aromatic heterocycles. The lowest BCUT2D eigenvalue weighted by Crippen LogP contribution is -2.02. The molecule has 0 bridgehead atoms. The maximum absolute atomic E-state index is 11.8. The summed E-state index contributed by atoms with van der Waals surface area (Å²) in [6.45, 7) is 0. The number of benzene rings is 1. The van der Waals surface area contributed by atoms with Gasteiger partial charge in [0, 0.05) is 10.9 Å². The van der Waals surface area contributed by atoms with E-state index >= 15 is 0 Å². The summed E-state index contributed by atoms with van der Waals surface area (Å²) in [4.78, 5) is 11.8. The highest BCUT2D eigenvalue weighted by atomic mass is 79.9. The van der Waals surface area contributed by atoms with Crippen LogP contribution < -0.4 is 0 Å². The molecule has 0 aliphatic rings. The van der Waals surface area contributed by atoms with Crippen molar-refractivity contribution < 1.29 is 9.21 Å². The molecular weight excluding hydrogens is 291 g/mol. The summed E-state index contributed by atoms with van der Waals surface area (Å²) in [6, 6.07) is 9.19. The normalized spacial score (nSPS) is 10.4. The lowest BCUT2D eigenvalue weighted by atomic mass is 10.1. The van der Waals surface area contributed by atoms with Crippen molar-refractivity contribution in [3.63, 3.8) is 0 Å². The van der Waals surface area contributed by atoms with Crippen molar-refractivity contribution in [1.29, 1.82) is 0 Å². The van der Waals surface area contributed by atoms with Gasteiger partial charge in [-0.1, -0.05) is 28.1 Å². The highest BCUT2D eigenvalue weighted by Gasteiger charge is 2.13. The SMILES string of the molecule is O=C(Cc1ccc(Br)cc1)c1ccoc1Cl. The lowest BCUT2D eigenvalue weighted by Gasteiger charge is -1.99. The van der Waals surface area contributed by atoms with E-state index in [1.807, 2.05) is 24.3 Å². The predicted molar refractivity (Wildman–Crippen MR) is 65.9 cm³/mol. The summed E-state index contributed by atoms with van der Waals surface area (Å²) in [6.07, 6.45) is 1.74. The van der Waals surface area contributed by atoms with Gasteiger partial charge in [0.1, 0.15) is 0 Å². The highest BCUT2D eigenvalue weighted by molar-refractivity contribution is 9.10. The van der Waals surface area contributed by atoms with E-state index in [0.29, 0.717) is 12.0 Å². The van der Waals surface area contributed by atoms with Crippen molar-refractivity contribution >= 4 is 33.3 Å². The molecule has 2 rings (SSSR count). The minimum absolute atomic E-state index is 0.0407. The van der Waals surface area contributed by atoms with Crippen LogP contribution in [0.4, 0.5) is 0 Å². The zero-order chi connectivity index (χ0) is 11.5. The molecule has 0 amide bonds. The molecule has 2 nitrogen and oxygen atoms in total. The zero-order valence-corrected chi connectivity index (χ0v) is 10.6. The number of rotatable bonds is 3. The minimum atomic E-state index is -0.0407. The predicted octanol–water partition coefficient (Wildman–Crippen LogP) is 4.12. The Morgan fingerprint density at radius 1 is 1.25 bits per heavy atom. The number of hydrogen-bond donors (Lipinski definition) is 0. The van der Waals surface area contributed by atoms with Crippen molar-refractivity contribution in [2.75, 3.05) is 0 Å². The third kappa shape index (κ3) is 2.54. The summed E-state index contributed by atoms with van der Waals surface area (Å²) in [5.74, 6) is -0.0407. The Hall–Kier alpha value is -1.06. The van der Waals surface area contributed by atoms with Crippen LogP contribution in [0.1, 0.15) is 15.9 Å². The fraction of sp³-hybridized carbons (Fsp3) is 0.0833. The highest BCUT2D eigenvalue weighted by Crippen LogP contribution is 2.19. The molecule has 16 heavy (non-hydrogen) atoms. The van der Waals surface area contributed by atoms with Crippen LogP contribution in [0.25, 0.3) is 0 Å². The Labute approximate surface area is 106 Å². The number of carbonyl (C=O) groups is 1. The molecule has 1 aromatic carbocycles. The van der Waals surface area contributed by atoms with Crippen LogP contribution in [-0.2, 0) is 6.42 Å². The Morgan fingerprint density at radius 3 is 2.50 bits per heavy atom. The first-order valence-electron chi connectivity index (χ1n) is 4.67.